The average Bonchev–Trinajstić information content (AvgIpc) is 3.38. The molecule has 0 radical (unpaired) electrons. The second-order valence-electron chi connectivity index (χ2n) is 7.70. The molecule has 0 aliphatic carbocycles. The molecule has 1 atom stereocenters. The van der Waals surface area contributed by atoms with Crippen molar-refractivity contribution in [2.24, 2.45) is 0 Å². The van der Waals surface area contributed by atoms with Crippen molar-refractivity contribution < 1.29 is 29.5 Å². The van der Waals surface area contributed by atoms with Gasteiger partial charge in [0.2, 0.25) is 0 Å². The quantitative estimate of drug-likeness (QED) is 0.241. The molecule has 0 aliphatic rings. The Morgan fingerprint density at radius 3 is 2.51 bits per heavy atom. The highest BCUT2D eigenvalue weighted by atomic mass is 35.5. The summed E-state index contributed by atoms with van der Waals surface area (Å²) in [5.74, 6) is 0.650. The Balaban J connectivity index is 0.00000380. The number of H-pyrrole nitrogens is 1. The Bertz CT molecular complexity index is 1320. The molecular formula is C26H25Cl2N3O5S. The second-order valence-corrected chi connectivity index (χ2v) is 9.69. The molecular weight excluding hydrogens is 537 g/mol. The Morgan fingerprint density at radius 1 is 1.08 bits per heavy atom. The lowest BCUT2D eigenvalue weighted by Gasteiger charge is -2.20. The monoisotopic (exact) mass is 561 g/mol. The van der Waals surface area contributed by atoms with Gasteiger partial charge in [-0.25, -0.2) is 9.78 Å². The third-order valence-electron chi connectivity index (χ3n) is 5.41. The molecule has 0 unspecified atom stereocenters. The third kappa shape index (κ3) is 7.11. The summed E-state index contributed by atoms with van der Waals surface area (Å²) >= 11 is 14.2. The smallest absolute Gasteiger partial charge is 0.348 e. The van der Waals surface area contributed by atoms with Crippen molar-refractivity contribution in [2.75, 3.05) is 19.5 Å². The number of hydrogen-bond donors (Lipinski definition) is 1. The second kappa shape index (κ2) is 13.3. The Labute approximate surface area is 228 Å². The number of anilines is 1. The van der Waals surface area contributed by atoms with Crippen LogP contribution in [0.25, 0.3) is 0 Å². The molecule has 194 valence electrons. The van der Waals surface area contributed by atoms with Crippen molar-refractivity contribution in [1.82, 2.24) is 4.98 Å². The molecule has 37 heavy (non-hydrogen) atoms. The maximum atomic E-state index is 13.2. The van der Waals surface area contributed by atoms with Crippen LogP contribution in [0.5, 0.6) is 11.5 Å². The third-order valence-corrected chi connectivity index (χ3v) is 7.15. The highest BCUT2D eigenvalue weighted by Gasteiger charge is 2.24. The fraction of sp³-hybridized carbons (Fsp3) is 0.192. The van der Waals surface area contributed by atoms with E-state index in [1.165, 1.54) is 11.3 Å². The number of carbonyl (C=O) groups excluding carboxylic acids is 1. The summed E-state index contributed by atoms with van der Waals surface area (Å²) < 4.78 is 16.8. The Morgan fingerprint density at radius 2 is 1.84 bits per heavy atom. The first-order valence-corrected chi connectivity index (χ1v) is 12.5. The molecule has 3 heterocycles. The van der Waals surface area contributed by atoms with Crippen LogP contribution in [0.4, 0.5) is 5.69 Å². The zero-order chi connectivity index (χ0) is 25.5. The minimum atomic E-state index is -0.672. The van der Waals surface area contributed by atoms with Crippen LogP contribution in [0.1, 0.15) is 31.8 Å². The number of hydrogen-bond acceptors (Lipinski definition) is 8. The molecule has 8 nitrogen and oxygen atoms in total. The van der Waals surface area contributed by atoms with E-state index in [4.69, 9.17) is 37.4 Å². The molecule has 0 saturated heterocycles. The van der Waals surface area contributed by atoms with Crippen LogP contribution in [0.3, 0.4) is 0 Å². The van der Waals surface area contributed by atoms with Crippen LogP contribution in [0.2, 0.25) is 10.0 Å². The Kier molecular flexibility index (Phi) is 10.1. The van der Waals surface area contributed by atoms with Gasteiger partial charge in [0.1, 0.15) is 21.0 Å². The predicted molar refractivity (Wildman–Crippen MR) is 142 cm³/mol. The van der Waals surface area contributed by atoms with Crippen LogP contribution in [0.15, 0.2) is 67.3 Å². The topological polar surface area (TPSA) is 114 Å². The summed E-state index contributed by atoms with van der Waals surface area (Å²) in [6.07, 6.45) is 6.33. The predicted octanol–water partition coefficient (Wildman–Crippen LogP) is 5.86. The number of carbonyl (C=O) groups is 1. The number of esters is 1. The Hall–Kier alpha value is -3.37. The fourth-order valence-electron chi connectivity index (χ4n) is 3.56. The van der Waals surface area contributed by atoms with Crippen molar-refractivity contribution in [3.63, 3.8) is 0 Å². The van der Waals surface area contributed by atoms with E-state index in [1.54, 1.807) is 57.2 Å². The molecule has 0 amide bonds. The highest BCUT2D eigenvalue weighted by molar-refractivity contribution is 7.13. The number of halogens is 2. The lowest BCUT2D eigenvalue weighted by atomic mass is 10.0. The van der Waals surface area contributed by atoms with Gasteiger partial charge in [0.15, 0.2) is 23.9 Å². The van der Waals surface area contributed by atoms with Crippen LogP contribution in [-0.2, 0) is 17.7 Å². The molecule has 0 aliphatic heterocycles. The SMILES string of the molecule is COc1ccc([C@H](Cc2c(Cl)c[nH+]cc2Cl)OC(=O)c2ccc(CNc3cccnc3)s2)cc1OC.[OH-]. The number of thiophene rings is 1. The summed E-state index contributed by atoms with van der Waals surface area (Å²) in [5.41, 5.74) is 2.28. The maximum absolute atomic E-state index is 13.2. The normalized spacial score (nSPS) is 11.2. The van der Waals surface area contributed by atoms with Gasteiger partial charge in [-0.05, 0) is 42.0 Å². The molecule has 3 N–H and O–H groups in total. The lowest BCUT2D eigenvalue weighted by molar-refractivity contribution is -0.377. The highest BCUT2D eigenvalue weighted by Crippen LogP contribution is 2.35. The summed E-state index contributed by atoms with van der Waals surface area (Å²) in [6.45, 7) is 0.564. The van der Waals surface area contributed by atoms with Gasteiger partial charge in [-0.1, -0.05) is 29.3 Å². The van der Waals surface area contributed by atoms with E-state index in [1.807, 2.05) is 24.3 Å². The summed E-state index contributed by atoms with van der Waals surface area (Å²) in [5, 5.41) is 4.18. The van der Waals surface area contributed by atoms with Gasteiger partial charge < -0.3 is 25.0 Å². The van der Waals surface area contributed by atoms with Crippen molar-refractivity contribution >= 4 is 46.2 Å². The van der Waals surface area contributed by atoms with Gasteiger partial charge in [-0.2, -0.15) is 0 Å². The van der Waals surface area contributed by atoms with E-state index in [9.17, 15) is 4.79 Å². The number of benzene rings is 1. The molecule has 3 aromatic heterocycles. The average molecular weight is 562 g/mol. The van der Waals surface area contributed by atoms with Crippen LogP contribution in [-0.4, -0.2) is 30.6 Å². The van der Waals surface area contributed by atoms with Gasteiger partial charge >= 0.3 is 5.97 Å². The van der Waals surface area contributed by atoms with Crippen LogP contribution >= 0.6 is 34.5 Å². The molecule has 11 heteroatoms. The molecule has 1 aromatic carbocycles. The van der Waals surface area contributed by atoms with Crippen molar-refractivity contribution in [3.8, 4) is 11.5 Å². The molecule has 0 saturated carbocycles. The number of nitrogens with one attached hydrogen (secondary N) is 2. The fourth-order valence-corrected chi connectivity index (χ4v) is 4.93. The number of aromatic amines is 1. The maximum Gasteiger partial charge on any atom is 0.348 e. The molecule has 0 bridgehead atoms. The van der Waals surface area contributed by atoms with Gasteiger partial charge in [-0.3, -0.25) is 4.98 Å². The molecule has 4 aromatic rings. The first kappa shape index (κ1) is 28.2. The zero-order valence-electron chi connectivity index (χ0n) is 20.0. The van der Waals surface area contributed by atoms with Crippen molar-refractivity contribution in [1.29, 1.82) is 0 Å². The van der Waals surface area contributed by atoms with E-state index in [0.717, 1.165) is 16.1 Å². The van der Waals surface area contributed by atoms with Crippen LogP contribution < -0.4 is 19.8 Å². The standard InChI is InChI=1S/C26H23Cl2N3O4S.H2O/c1-33-22-7-5-16(10-24(22)34-2)23(11-19-20(27)14-30-15-21(19)28)35-26(32)25-8-6-18(36-25)13-31-17-4-3-9-29-12-17;/h3-10,12,14-15,23,31H,11,13H2,1-2H3;1H2/t23-;/m0./s1. The number of methoxy groups -OCH3 is 2. The first-order valence-electron chi connectivity index (χ1n) is 11.0. The number of nitrogens with zero attached hydrogens (tertiary/aromatic N) is 1. The van der Waals surface area contributed by atoms with E-state index in [0.29, 0.717) is 38.5 Å². The minimum absolute atomic E-state index is 0. The number of rotatable bonds is 10. The molecule has 0 spiro atoms. The number of aromatic nitrogens is 2. The van der Waals surface area contributed by atoms with E-state index < -0.39 is 12.1 Å². The summed E-state index contributed by atoms with van der Waals surface area (Å²) in [4.78, 5) is 21.6. The van der Waals surface area contributed by atoms with E-state index in [-0.39, 0.29) is 11.9 Å². The largest absolute Gasteiger partial charge is 0.870 e. The minimum Gasteiger partial charge on any atom is -0.870 e. The molecule has 0 fully saturated rings. The summed E-state index contributed by atoms with van der Waals surface area (Å²) in [6, 6.07) is 12.8. The van der Waals surface area contributed by atoms with Crippen LogP contribution in [0, 0.1) is 0 Å². The van der Waals surface area contributed by atoms with Gasteiger partial charge in [0, 0.05) is 35.8 Å². The summed E-state index contributed by atoms with van der Waals surface area (Å²) in [7, 11) is 3.11. The number of pyridine rings is 2. The van der Waals surface area contributed by atoms with E-state index >= 15 is 0 Å². The van der Waals surface area contributed by atoms with E-state index in [2.05, 4.69) is 15.3 Å². The van der Waals surface area contributed by atoms with Gasteiger partial charge in [0.25, 0.3) is 0 Å². The molecule has 4 rings (SSSR count). The van der Waals surface area contributed by atoms with Crippen molar-refractivity contribution in [2.45, 2.75) is 19.1 Å². The first-order chi connectivity index (χ1) is 17.5. The zero-order valence-corrected chi connectivity index (χ0v) is 22.4. The van der Waals surface area contributed by atoms with Gasteiger partial charge in [0.05, 0.1) is 19.9 Å². The number of ether oxygens (including phenoxy) is 3. The van der Waals surface area contributed by atoms with Gasteiger partial charge in [-0.15, -0.1) is 11.3 Å². The lowest BCUT2D eigenvalue weighted by Crippen LogP contribution is -2.15. The van der Waals surface area contributed by atoms with Crippen molar-refractivity contribution in [3.05, 3.63) is 98.2 Å².